The molecule has 1 aromatic heterocycles. The molecule has 0 fully saturated rings. The lowest BCUT2D eigenvalue weighted by Gasteiger charge is -2.22. The highest BCUT2D eigenvalue weighted by Crippen LogP contribution is 2.25. The van der Waals surface area contributed by atoms with E-state index in [0.29, 0.717) is 17.7 Å². The Kier molecular flexibility index (Phi) is 8.13. The van der Waals surface area contributed by atoms with Crippen molar-refractivity contribution < 1.29 is 9.53 Å². The number of nitrogens with zero attached hydrogens (tertiary/aromatic N) is 2. The first kappa shape index (κ1) is 20.5. The second-order valence-electron chi connectivity index (χ2n) is 6.48. The molecule has 1 heterocycles. The van der Waals surface area contributed by atoms with E-state index in [0.717, 1.165) is 49.1 Å². The molecule has 142 valence electrons. The van der Waals surface area contributed by atoms with Crippen molar-refractivity contribution in [3.63, 3.8) is 0 Å². The van der Waals surface area contributed by atoms with Gasteiger partial charge in [0.1, 0.15) is 6.61 Å². The third-order valence-corrected chi connectivity index (χ3v) is 4.61. The van der Waals surface area contributed by atoms with E-state index in [1.165, 1.54) is 6.92 Å². The van der Waals surface area contributed by atoms with Gasteiger partial charge in [0.2, 0.25) is 0 Å². The Hall–Kier alpha value is -1.85. The molecule has 0 aliphatic heterocycles. The first-order valence-electron chi connectivity index (χ1n) is 9.16. The molecule has 2 aromatic rings. The van der Waals surface area contributed by atoms with Crippen LogP contribution in [0.2, 0.25) is 5.02 Å². The Morgan fingerprint density at radius 3 is 2.88 bits per heavy atom. The maximum atomic E-state index is 10.8. The molecule has 5 nitrogen and oxygen atoms in total. The average Bonchev–Trinajstić information content (AvgIpc) is 2.60. The number of benzene rings is 1. The highest BCUT2D eigenvalue weighted by Gasteiger charge is 2.08. The molecule has 26 heavy (non-hydrogen) atoms. The number of pyridine rings is 1. The standard InChI is InChI=1S/C20H28ClN3O2/c1-4-24(12-13-26-16(3)25)11-5-6-15(2)23-19-9-10-22-20-14-17(21)7-8-18(19)20/h7-10,14-15H,4-6,11-13H2,1-3H3,(H,22,23). The summed E-state index contributed by atoms with van der Waals surface area (Å²) in [7, 11) is 0. The minimum absolute atomic E-state index is 0.218. The molecule has 1 unspecified atom stereocenters. The van der Waals surface area contributed by atoms with Crippen LogP contribution >= 0.6 is 11.6 Å². The van der Waals surface area contributed by atoms with Gasteiger partial charge in [-0.05, 0) is 57.1 Å². The fourth-order valence-corrected chi connectivity index (χ4v) is 3.12. The summed E-state index contributed by atoms with van der Waals surface area (Å²) in [6, 6.07) is 8.14. The lowest BCUT2D eigenvalue weighted by atomic mass is 10.1. The van der Waals surface area contributed by atoms with E-state index in [1.807, 2.05) is 30.5 Å². The van der Waals surface area contributed by atoms with Crippen LogP contribution in [0.1, 0.15) is 33.6 Å². The fraction of sp³-hybridized carbons (Fsp3) is 0.500. The predicted octanol–water partition coefficient (Wildman–Crippen LogP) is 4.35. The third-order valence-electron chi connectivity index (χ3n) is 4.38. The van der Waals surface area contributed by atoms with Gasteiger partial charge in [-0.25, -0.2) is 0 Å². The molecule has 0 radical (unpaired) electrons. The molecule has 1 atom stereocenters. The number of carbonyl (C=O) groups excluding carboxylic acids is 1. The molecule has 0 saturated heterocycles. The number of rotatable bonds is 10. The molecule has 0 amide bonds. The number of aromatic nitrogens is 1. The van der Waals surface area contributed by atoms with Crippen LogP contribution in [0.3, 0.4) is 0 Å². The van der Waals surface area contributed by atoms with Gasteiger partial charge in [0, 0.05) is 41.8 Å². The summed E-state index contributed by atoms with van der Waals surface area (Å²) in [5.74, 6) is -0.218. The van der Waals surface area contributed by atoms with Crippen LogP contribution in [0.5, 0.6) is 0 Å². The van der Waals surface area contributed by atoms with E-state index < -0.39 is 0 Å². The fourth-order valence-electron chi connectivity index (χ4n) is 2.95. The first-order valence-corrected chi connectivity index (χ1v) is 9.54. The lowest BCUT2D eigenvalue weighted by Crippen LogP contribution is -2.30. The summed E-state index contributed by atoms with van der Waals surface area (Å²) in [6.07, 6.45) is 3.94. The number of likely N-dealkylation sites (N-methyl/N-ethyl adjacent to an activating group) is 1. The molecule has 0 saturated carbocycles. The molecule has 1 aromatic carbocycles. The van der Waals surface area contributed by atoms with Crippen molar-refractivity contribution in [2.24, 2.45) is 0 Å². The summed E-state index contributed by atoms with van der Waals surface area (Å²) in [5, 5.41) is 5.36. The lowest BCUT2D eigenvalue weighted by molar-refractivity contribution is -0.141. The Morgan fingerprint density at radius 2 is 2.15 bits per heavy atom. The predicted molar refractivity (Wildman–Crippen MR) is 108 cm³/mol. The number of fused-ring (bicyclic) bond motifs is 1. The second kappa shape index (κ2) is 10.3. The minimum atomic E-state index is -0.218. The summed E-state index contributed by atoms with van der Waals surface area (Å²) in [5.41, 5.74) is 1.98. The van der Waals surface area contributed by atoms with Crippen LogP contribution < -0.4 is 5.32 Å². The SMILES string of the molecule is CCN(CCCC(C)Nc1ccnc2cc(Cl)ccc12)CCOC(C)=O. The van der Waals surface area contributed by atoms with Gasteiger partial charge in [0.15, 0.2) is 0 Å². The van der Waals surface area contributed by atoms with Gasteiger partial charge < -0.3 is 15.0 Å². The van der Waals surface area contributed by atoms with Gasteiger partial charge in [-0.2, -0.15) is 0 Å². The third kappa shape index (κ3) is 6.46. The Bertz CT molecular complexity index is 723. The van der Waals surface area contributed by atoms with Gasteiger partial charge in [0.05, 0.1) is 5.52 Å². The molecular weight excluding hydrogens is 350 g/mol. The zero-order chi connectivity index (χ0) is 18.9. The van der Waals surface area contributed by atoms with Crippen LogP contribution in [0.25, 0.3) is 10.9 Å². The van der Waals surface area contributed by atoms with Crippen molar-refractivity contribution in [2.75, 3.05) is 31.6 Å². The van der Waals surface area contributed by atoms with E-state index in [2.05, 4.69) is 29.0 Å². The maximum absolute atomic E-state index is 10.8. The van der Waals surface area contributed by atoms with Gasteiger partial charge >= 0.3 is 5.97 Å². The van der Waals surface area contributed by atoms with Crippen molar-refractivity contribution in [3.8, 4) is 0 Å². The molecule has 6 heteroatoms. The van der Waals surface area contributed by atoms with Crippen LogP contribution in [-0.2, 0) is 9.53 Å². The van der Waals surface area contributed by atoms with Gasteiger partial charge in [-0.15, -0.1) is 0 Å². The Labute approximate surface area is 160 Å². The molecule has 0 spiro atoms. The Balaban J connectivity index is 1.81. The number of halogens is 1. The number of anilines is 1. The zero-order valence-electron chi connectivity index (χ0n) is 15.8. The van der Waals surface area contributed by atoms with Crippen LogP contribution in [0.15, 0.2) is 30.5 Å². The number of esters is 1. The molecule has 0 aliphatic carbocycles. The number of hydrogen-bond acceptors (Lipinski definition) is 5. The van der Waals surface area contributed by atoms with Crippen LogP contribution in [0, 0.1) is 0 Å². The largest absolute Gasteiger partial charge is 0.465 e. The van der Waals surface area contributed by atoms with Crippen molar-refractivity contribution >= 4 is 34.2 Å². The van der Waals surface area contributed by atoms with Gasteiger partial charge in [0.25, 0.3) is 0 Å². The Morgan fingerprint density at radius 1 is 1.35 bits per heavy atom. The molecule has 0 aliphatic rings. The van der Waals surface area contributed by atoms with E-state index in [-0.39, 0.29) is 5.97 Å². The van der Waals surface area contributed by atoms with E-state index in [4.69, 9.17) is 16.3 Å². The molecule has 2 rings (SSSR count). The smallest absolute Gasteiger partial charge is 0.302 e. The number of carbonyl (C=O) groups is 1. The zero-order valence-corrected chi connectivity index (χ0v) is 16.6. The first-order chi connectivity index (χ1) is 12.5. The number of hydrogen-bond donors (Lipinski definition) is 1. The van der Waals surface area contributed by atoms with E-state index in [1.54, 1.807) is 0 Å². The van der Waals surface area contributed by atoms with Crippen molar-refractivity contribution in [1.82, 2.24) is 9.88 Å². The van der Waals surface area contributed by atoms with Gasteiger partial charge in [-0.3, -0.25) is 9.78 Å². The minimum Gasteiger partial charge on any atom is -0.465 e. The van der Waals surface area contributed by atoms with E-state index in [9.17, 15) is 4.79 Å². The number of nitrogens with one attached hydrogen (secondary N) is 1. The van der Waals surface area contributed by atoms with Crippen molar-refractivity contribution in [1.29, 1.82) is 0 Å². The van der Waals surface area contributed by atoms with Crippen LogP contribution in [0.4, 0.5) is 5.69 Å². The topological polar surface area (TPSA) is 54.5 Å². The summed E-state index contributed by atoms with van der Waals surface area (Å²) in [6.45, 7) is 8.97. The molecular formula is C20H28ClN3O2. The molecule has 0 bridgehead atoms. The number of ether oxygens (including phenoxy) is 1. The van der Waals surface area contributed by atoms with Crippen LogP contribution in [-0.4, -0.2) is 48.1 Å². The highest BCUT2D eigenvalue weighted by atomic mass is 35.5. The van der Waals surface area contributed by atoms with Gasteiger partial charge in [-0.1, -0.05) is 18.5 Å². The maximum Gasteiger partial charge on any atom is 0.302 e. The molecule has 1 N–H and O–H groups in total. The van der Waals surface area contributed by atoms with Crippen molar-refractivity contribution in [2.45, 2.75) is 39.7 Å². The quantitative estimate of drug-likeness (QED) is 0.623. The average molecular weight is 378 g/mol. The van der Waals surface area contributed by atoms with E-state index >= 15 is 0 Å². The monoisotopic (exact) mass is 377 g/mol. The summed E-state index contributed by atoms with van der Waals surface area (Å²) >= 11 is 6.05. The van der Waals surface area contributed by atoms with Crippen molar-refractivity contribution in [3.05, 3.63) is 35.5 Å². The summed E-state index contributed by atoms with van der Waals surface area (Å²) < 4.78 is 5.02. The second-order valence-corrected chi connectivity index (χ2v) is 6.92. The summed E-state index contributed by atoms with van der Waals surface area (Å²) in [4.78, 5) is 17.5. The normalized spacial score (nSPS) is 12.3. The highest BCUT2D eigenvalue weighted by molar-refractivity contribution is 6.31.